The highest BCUT2D eigenvalue weighted by molar-refractivity contribution is 9.10. The highest BCUT2D eigenvalue weighted by Crippen LogP contribution is 2.25. The van der Waals surface area contributed by atoms with E-state index in [-0.39, 0.29) is 5.82 Å². The molecule has 0 saturated carbocycles. The Balaban J connectivity index is 2.25. The van der Waals surface area contributed by atoms with Crippen LogP contribution in [0.25, 0.3) is 0 Å². The van der Waals surface area contributed by atoms with Crippen molar-refractivity contribution in [2.75, 3.05) is 17.7 Å². The van der Waals surface area contributed by atoms with Crippen molar-refractivity contribution in [2.45, 2.75) is 0 Å². The Morgan fingerprint density at radius 3 is 2.82 bits per heavy atom. The predicted molar refractivity (Wildman–Crippen MR) is 69.0 cm³/mol. The Kier molecular flexibility index (Phi) is 3.53. The number of anilines is 3. The fourth-order valence-corrected chi connectivity index (χ4v) is 1.73. The van der Waals surface area contributed by atoms with Crippen molar-refractivity contribution in [3.05, 3.63) is 40.8 Å². The van der Waals surface area contributed by atoms with Crippen LogP contribution in [-0.4, -0.2) is 17.0 Å². The Morgan fingerprint density at radius 1 is 1.29 bits per heavy atom. The molecule has 6 heteroatoms. The van der Waals surface area contributed by atoms with Crippen LogP contribution < -0.4 is 10.6 Å². The first kappa shape index (κ1) is 11.8. The molecule has 1 aromatic carbocycles. The topological polar surface area (TPSA) is 49.8 Å². The third-order valence-electron chi connectivity index (χ3n) is 2.07. The summed E-state index contributed by atoms with van der Waals surface area (Å²) in [6.45, 7) is 0. The molecule has 2 N–H and O–H groups in total. The second-order valence-corrected chi connectivity index (χ2v) is 4.12. The van der Waals surface area contributed by atoms with Crippen molar-refractivity contribution in [1.82, 2.24) is 9.97 Å². The summed E-state index contributed by atoms with van der Waals surface area (Å²) in [6, 6.07) is 6.15. The number of hydrogen-bond donors (Lipinski definition) is 2. The summed E-state index contributed by atoms with van der Waals surface area (Å²) in [6.07, 6.45) is 1.64. The minimum atomic E-state index is -0.291. The van der Waals surface area contributed by atoms with Gasteiger partial charge in [0, 0.05) is 17.7 Å². The summed E-state index contributed by atoms with van der Waals surface area (Å²) in [7, 11) is 1.74. The van der Waals surface area contributed by atoms with Crippen LogP contribution in [0.15, 0.2) is 34.9 Å². The lowest BCUT2D eigenvalue weighted by Gasteiger charge is -2.08. The van der Waals surface area contributed by atoms with E-state index in [9.17, 15) is 4.39 Å². The molecule has 1 aromatic heterocycles. The molecule has 0 atom stereocenters. The molecule has 0 aliphatic rings. The Labute approximate surface area is 106 Å². The number of halogens is 2. The predicted octanol–water partition coefficient (Wildman–Crippen LogP) is 3.16. The second-order valence-electron chi connectivity index (χ2n) is 3.26. The quantitative estimate of drug-likeness (QED) is 0.913. The minimum Gasteiger partial charge on any atom is -0.357 e. The zero-order chi connectivity index (χ0) is 12.3. The lowest BCUT2D eigenvalue weighted by molar-refractivity contribution is 0.627. The maximum absolute atomic E-state index is 12.9. The molecule has 0 aliphatic carbocycles. The van der Waals surface area contributed by atoms with Gasteiger partial charge in [0.05, 0.1) is 5.69 Å². The van der Waals surface area contributed by atoms with Crippen molar-refractivity contribution >= 4 is 33.4 Å². The van der Waals surface area contributed by atoms with Crippen LogP contribution in [0.5, 0.6) is 0 Å². The zero-order valence-corrected chi connectivity index (χ0v) is 10.6. The van der Waals surface area contributed by atoms with Gasteiger partial charge in [0.25, 0.3) is 0 Å². The maximum atomic E-state index is 12.9. The van der Waals surface area contributed by atoms with E-state index in [2.05, 4.69) is 36.5 Å². The van der Waals surface area contributed by atoms with Crippen LogP contribution in [0.4, 0.5) is 21.8 Å². The second kappa shape index (κ2) is 5.09. The first-order chi connectivity index (χ1) is 8.19. The van der Waals surface area contributed by atoms with E-state index in [1.54, 1.807) is 25.4 Å². The zero-order valence-electron chi connectivity index (χ0n) is 9.04. The molecular formula is C11H10BrFN4. The summed E-state index contributed by atoms with van der Waals surface area (Å²) in [4.78, 5) is 8.20. The van der Waals surface area contributed by atoms with E-state index >= 15 is 0 Å². The fourth-order valence-electron chi connectivity index (χ4n) is 1.28. The first-order valence-electron chi connectivity index (χ1n) is 4.92. The van der Waals surface area contributed by atoms with Gasteiger partial charge in [-0.1, -0.05) is 0 Å². The molecule has 88 valence electrons. The molecule has 0 amide bonds. The minimum absolute atomic E-state index is 0.291. The van der Waals surface area contributed by atoms with E-state index < -0.39 is 0 Å². The van der Waals surface area contributed by atoms with E-state index in [0.29, 0.717) is 16.2 Å². The lowest BCUT2D eigenvalue weighted by Crippen LogP contribution is -2.00. The number of aromatic nitrogens is 2. The third kappa shape index (κ3) is 2.91. The molecular weight excluding hydrogens is 287 g/mol. The number of rotatable bonds is 3. The first-order valence-corrected chi connectivity index (χ1v) is 5.71. The SMILES string of the molecule is CNc1nccc(Nc2ccc(F)cc2Br)n1. The van der Waals surface area contributed by atoms with Crippen LogP contribution in [0, 0.1) is 5.82 Å². The van der Waals surface area contributed by atoms with Crippen LogP contribution in [0.2, 0.25) is 0 Å². The number of nitrogens with zero attached hydrogens (tertiary/aromatic N) is 2. The monoisotopic (exact) mass is 296 g/mol. The molecule has 17 heavy (non-hydrogen) atoms. The number of benzene rings is 1. The van der Waals surface area contributed by atoms with Gasteiger partial charge >= 0.3 is 0 Å². The highest BCUT2D eigenvalue weighted by atomic mass is 79.9. The maximum Gasteiger partial charge on any atom is 0.224 e. The molecule has 0 spiro atoms. The molecule has 0 bridgehead atoms. The van der Waals surface area contributed by atoms with Gasteiger partial charge in [-0.2, -0.15) is 4.98 Å². The summed E-state index contributed by atoms with van der Waals surface area (Å²) in [5.74, 6) is 0.867. The van der Waals surface area contributed by atoms with E-state index in [4.69, 9.17) is 0 Å². The molecule has 0 aliphatic heterocycles. The Bertz CT molecular complexity index is 533. The van der Waals surface area contributed by atoms with Gasteiger partial charge in [-0.05, 0) is 40.2 Å². The van der Waals surface area contributed by atoms with Gasteiger partial charge in [0.15, 0.2) is 0 Å². The Hall–Kier alpha value is -1.69. The van der Waals surface area contributed by atoms with E-state index in [0.717, 1.165) is 5.69 Å². The van der Waals surface area contributed by atoms with Gasteiger partial charge in [-0.3, -0.25) is 0 Å². The van der Waals surface area contributed by atoms with Gasteiger partial charge in [-0.15, -0.1) is 0 Å². The summed E-state index contributed by atoms with van der Waals surface area (Å²) in [5, 5.41) is 5.91. The van der Waals surface area contributed by atoms with Crippen molar-refractivity contribution in [3.8, 4) is 0 Å². The summed E-state index contributed by atoms with van der Waals surface area (Å²) < 4.78 is 13.6. The fraction of sp³-hybridized carbons (Fsp3) is 0.0909. The average molecular weight is 297 g/mol. The Morgan fingerprint density at radius 2 is 2.12 bits per heavy atom. The molecule has 0 radical (unpaired) electrons. The van der Waals surface area contributed by atoms with Crippen LogP contribution in [0.1, 0.15) is 0 Å². The van der Waals surface area contributed by atoms with Crippen molar-refractivity contribution < 1.29 is 4.39 Å². The summed E-state index contributed by atoms with van der Waals surface area (Å²) in [5.41, 5.74) is 0.743. The molecule has 0 fully saturated rings. The largest absolute Gasteiger partial charge is 0.357 e. The average Bonchev–Trinajstić information content (AvgIpc) is 2.33. The van der Waals surface area contributed by atoms with E-state index in [1.165, 1.54) is 12.1 Å². The molecule has 2 aromatic rings. The molecule has 4 nitrogen and oxygen atoms in total. The van der Waals surface area contributed by atoms with Gasteiger partial charge in [0.1, 0.15) is 11.6 Å². The third-order valence-corrected chi connectivity index (χ3v) is 2.73. The highest BCUT2D eigenvalue weighted by Gasteiger charge is 2.03. The van der Waals surface area contributed by atoms with Crippen LogP contribution in [-0.2, 0) is 0 Å². The lowest BCUT2D eigenvalue weighted by atomic mass is 10.3. The van der Waals surface area contributed by atoms with Crippen molar-refractivity contribution in [2.24, 2.45) is 0 Å². The van der Waals surface area contributed by atoms with Crippen LogP contribution >= 0.6 is 15.9 Å². The molecule has 0 saturated heterocycles. The van der Waals surface area contributed by atoms with Gasteiger partial charge in [0.2, 0.25) is 5.95 Å². The number of nitrogens with one attached hydrogen (secondary N) is 2. The van der Waals surface area contributed by atoms with Gasteiger partial charge < -0.3 is 10.6 Å². The van der Waals surface area contributed by atoms with Crippen molar-refractivity contribution in [1.29, 1.82) is 0 Å². The molecule has 0 unspecified atom stereocenters. The van der Waals surface area contributed by atoms with E-state index in [1.807, 2.05) is 0 Å². The standard InChI is InChI=1S/C11H10BrFN4/c1-14-11-15-5-4-10(17-11)16-9-3-2-7(13)6-8(9)12/h2-6H,1H3,(H2,14,15,16,17). The smallest absolute Gasteiger partial charge is 0.224 e. The summed E-state index contributed by atoms with van der Waals surface area (Å²) >= 11 is 3.28. The van der Waals surface area contributed by atoms with Crippen LogP contribution in [0.3, 0.4) is 0 Å². The molecule has 2 rings (SSSR count). The van der Waals surface area contributed by atoms with Crippen molar-refractivity contribution in [3.63, 3.8) is 0 Å². The normalized spacial score (nSPS) is 10.1. The van der Waals surface area contributed by atoms with Gasteiger partial charge in [-0.25, -0.2) is 9.37 Å². The number of hydrogen-bond acceptors (Lipinski definition) is 4. The molecule has 1 heterocycles.